The Hall–Kier alpha value is -4.13. The van der Waals surface area contributed by atoms with Crippen molar-refractivity contribution in [3.8, 4) is 0 Å². The monoisotopic (exact) mass is 603 g/mol. The predicted octanol–water partition coefficient (Wildman–Crippen LogP) is 5.25. The Kier molecular flexibility index (Phi) is 9.71. The van der Waals surface area contributed by atoms with Crippen LogP contribution in [-0.2, 0) is 12.0 Å². The van der Waals surface area contributed by atoms with Crippen molar-refractivity contribution < 1.29 is 18.0 Å². The largest absolute Gasteiger partial charge is 0.389 e. The van der Waals surface area contributed by atoms with Gasteiger partial charge in [0.1, 0.15) is 5.82 Å². The molecule has 1 fully saturated rings. The quantitative estimate of drug-likeness (QED) is 0.0880. The lowest BCUT2D eigenvalue weighted by Crippen LogP contribution is -2.34. The summed E-state index contributed by atoms with van der Waals surface area (Å²) >= 11 is 6.03. The molecule has 0 saturated heterocycles. The number of guanidine groups is 1. The predicted molar refractivity (Wildman–Crippen MR) is 156 cm³/mol. The van der Waals surface area contributed by atoms with Gasteiger partial charge < -0.3 is 27.0 Å². The topological polar surface area (TPSA) is 154 Å². The fourth-order valence-corrected chi connectivity index (χ4v) is 4.46. The van der Waals surface area contributed by atoms with Gasteiger partial charge in [-0.05, 0) is 74.6 Å². The first-order valence-electron chi connectivity index (χ1n) is 13.5. The maximum Gasteiger partial charge on any atom is 0.389 e. The third-order valence-corrected chi connectivity index (χ3v) is 6.97. The van der Waals surface area contributed by atoms with E-state index in [0.29, 0.717) is 29.2 Å². The second-order valence-electron chi connectivity index (χ2n) is 10.3. The molecule has 0 radical (unpaired) electrons. The van der Waals surface area contributed by atoms with Gasteiger partial charge in [-0.15, -0.1) is 0 Å². The standard InChI is InChI=1S/C28H33ClF3N9O/c1-17(3-2-16-35-24(33)34)36-23(42)18-4-10-21(11-5-18)37-25-38-22(12-13-28(30,31)32)39-26(40-25)41-27(14-15-27)19-6-8-20(29)9-7-19/h4-11,17H,2-3,12-16H2,1H3,(H,36,42)(H4,33,34,35)(H2,37,38,39,40,41)/t17-/m0/s1. The zero-order chi connectivity index (χ0) is 30.3. The number of rotatable bonds is 13. The molecule has 1 amide bonds. The summed E-state index contributed by atoms with van der Waals surface area (Å²) in [4.78, 5) is 25.6. The van der Waals surface area contributed by atoms with Crippen molar-refractivity contribution in [1.29, 1.82) is 5.41 Å². The Morgan fingerprint density at radius 3 is 2.36 bits per heavy atom. The Balaban J connectivity index is 1.44. The van der Waals surface area contributed by atoms with Crippen LogP contribution in [-0.4, -0.2) is 45.6 Å². The van der Waals surface area contributed by atoms with Crippen LogP contribution in [0.25, 0.3) is 0 Å². The molecule has 42 heavy (non-hydrogen) atoms. The van der Waals surface area contributed by atoms with Crippen LogP contribution >= 0.6 is 11.6 Å². The molecule has 3 aromatic rings. The zero-order valence-electron chi connectivity index (χ0n) is 23.0. The molecule has 1 saturated carbocycles. The highest BCUT2D eigenvalue weighted by molar-refractivity contribution is 6.30. The summed E-state index contributed by atoms with van der Waals surface area (Å²) in [6.45, 7) is 2.44. The number of aromatic nitrogens is 3. The molecule has 14 heteroatoms. The van der Waals surface area contributed by atoms with Crippen LogP contribution in [0, 0.1) is 5.41 Å². The summed E-state index contributed by atoms with van der Waals surface area (Å²) in [7, 11) is 0. The lowest BCUT2D eigenvalue weighted by atomic mass is 10.1. The van der Waals surface area contributed by atoms with Crippen molar-refractivity contribution in [3.05, 3.63) is 70.5 Å². The number of carbonyl (C=O) groups excluding carboxylic acids is 1. The first-order valence-corrected chi connectivity index (χ1v) is 13.9. The normalized spacial score (nSPS) is 14.5. The van der Waals surface area contributed by atoms with E-state index in [1.165, 1.54) is 0 Å². The number of benzene rings is 2. The van der Waals surface area contributed by atoms with Gasteiger partial charge in [0.2, 0.25) is 11.9 Å². The number of aryl methyl sites for hydroxylation is 1. The van der Waals surface area contributed by atoms with Crippen LogP contribution in [0.2, 0.25) is 5.02 Å². The van der Waals surface area contributed by atoms with E-state index in [2.05, 4.69) is 36.2 Å². The number of halogens is 4. The fraction of sp³-hybridized carbons (Fsp3) is 0.393. The van der Waals surface area contributed by atoms with Gasteiger partial charge in [0.05, 0.1) is 12.0 Å². The highest BCUT2D eigenvalue weighted by atomic mass is 35.5. The van der Waals surface area contributed by atoms with Crippen molar-refractivity contribution in [2.24, 2.45) is 5.73 Å². The molecule has 10 nitrogen and oxygen atoms in total. The van der Waals surface area contributed by atoms with Crippen LogP contribution < -0.4 is 27.0 Å². The maximum atomic E-state index is 13.0. The molecule has 1 heterocycles. The molecule has 1 atom stereocenters. The molecule has 1 aromatic heterocycles. The minimum absolute atomic E-state index is 0.00252. The maximum absolute atomic E-state index is 13.0. The second-order valence-corrected chi connectivity index (χ2v) is 10.7. The summed E-state index contributed by atoms with van der Waals surface area (Å²) in [6, 6.07) is 13.9. The number of alkyl halides is 3. The molecule has 2 aromatic carbocycles. The number of nitrogens with one attached hydrogen (secondary N) is 5. The van der Waals surface area contributed by atoms with Crippen LogP contribution in [0.3, 0.4) is 0 Å². The molecule has 0 spiro atoms. The fourth-order valence-electron chi connectivity index (χ4n) is 4.34. The zero-order valence-corrected chi connectivity index (χ0v) is 23.7. The minimum atomic E-state index is -4.35. The van der Waals surface area contributed by atoms with Crippen molar-refractivity contribution in [1.82, 2.24) is 25.6 Å². The highest BCUT2D eigenvalue weighted by Gasteiger charge is 2.45. The molecule has 0 bridgehead atoms. The first-order chi connectivity index (χ1) is 19.9. The van der Waals surface area contributed by atoms with Gasteiger partial charge in [-0.2, -0.15) is 28.1 Å². The average Bonchev–Trinajstić information content (AvgIpc) is 3.70. The number of hydrogen-bond acceptors (Lipinski definition) is 7. The van der Waals surface area contributed by atoms with Gasteiger partial charge in [0.15, 0.2) is 5.96 Å². The van der Waals surface area contributed by atoms with E-state index in [1.54, 1.807) is 36.4 Å². The average molecular weight is 604 g/mol. The second kappa shape index (κ2) is 13.2. The van der Waals surface area contributed by atoms with E-state index in [4.69, 9.17) is 22.7 Å². The molecule has 1 aliphatic carbocycles. The molecular weight excluding hydrogens is 571 g/mol. The molecule has 0 aliphatic heterocycles. The summed E-state index contributed by atoms with van der Waals surface area (Å²) in [5.74, 6) is -0.0798. The van der Waals surface area contributed by atoms with Gasteiger partial charge in [0, 0.05) is 35.3 Å². The number of hydrogen-bond donors (Lipinski definition) is 6. The first kappa shape index (κ1) is 30.8. The summed E-state index contributed by atoms with van der Waals surface area (Å²) in [5, 5.41) is 19.7. The van der Waals surface area contributed by atoms with Gasteiger partial charge in [0.25, 0.3) is 5.91 Å². The van der Waals surface area contributed by atoms with Crippen molar-refractivity contribution in [3.63, 3.8) is 0 Å². The van der Waals surface area contributed by atoms with E-state index in [0.717, 1.165) is 24.8 Å². The Morgan fingerprint density at radius 1 is 1.07 bits per heavy atom. The summed E-state index contributed by atoms with van der Waals surface area (Å²) in [5.41, 5.74) is 6.80. The SMILES string of the molecule is C[C@@H](CCCNC(=N)N)NC(=O)c1ccc(Nc2nc(CCC(F)(F)F)nc(NC3(c4ccc(Cl)cc4)CC3)n2)cc1. The van der Waals surface area contributed by atoms with Crippen molar-refractivity contribution in [2.75, 3.05) is 17.2 Å². The van der Waals surface area contributed by atoms with Crippen molar-refractivity contribution in [2.45, 2.75) is 63.2 Å². The van der Waals surface area contributed by atoms with Crippen LogP contribution in [0.1, 0.15) is 60.8 Å². The van der Waals surface area contributed by atoms with E-state index < -0.39 is 24.6 Å². The smallest absolute Gasteiger partial charge is 0.370 e. The number of nitrogens with two attached hydrogens (primary N) is 1. The van der Waals surface area contributed by atoms with E-state index in [-0.39, 0.29) is 35.6 Å². The third-order valence-electron chi connectivity index (χ3n) is 6.72. The lowest BCUT2D eigenvalue weighted by molar-refractivity contribution is -0.134. The Morgan fingerprint density at radius 2 is 1.74 bits per heavy atom. The molecule has 4 rings (SSSR count). The molecule has 1 aliphatic rings. The van der Waals surface area contributed by atoms with E-state index in [9.17, 15) is 18.0 Å². The number of anilines is 3. The van der Waals surface area contributed by atoms with Crippen LogP contribution in [0.4, 0.5) is 30.8 Å². The van der Waals surface area contributed by atoms with Gasteiger partial charge >= 0.3 is 6.18 Å². The van der Waals surface area contributed by atoms with Crippen LogP contribution in [0.5, 0.6) is 0 Å². The van der Waals surface area contributed by atoms with Crippen LogP contribution in [0.15, 0.2) is 48.5 Å². The Labute approximate surface area is 246 Å². The number of carbonyl (C=O) groups is 1. The van der Waals surface area contributed by atoms with Gasteiger partial charge in [-0.3, -0.25) is 10.2 Å². The third kappa shape index (κ3) is 9.20. The van der Waals surface area contributed by atoms with Gasteiger partial charge in [-0.1, -0.05) is 23.7 Å². The molecule has 224 valence electrons. The number of nitrogens with zero attached hydrogens (tertiary/aromatic N) is 3. The van der Waals surface area contributed by atoms with E-state index >= 15 is 0 Å². The lowest BCUT2D eigenvalue weighted by Gasteiger charge is -2.19. The summed E-state index contributed by atoms with van der Waals surface area (Å²) < 4.78 is 38.9. The van der Waals surface area contributed by atoms with E-state index in [1.807, 2.05) is 19.1 Å². The Bertz CT molecular complexity index is 1380. The molecule has 0 unspecified atom stereocenters. The minimum Gasteiger partial charge on any atom is -0.370 e. The van der Waals surface area contributed by atoms with Crippen molar-refractivity contribution >= 4 is 41.1 Å². The highest BCUT2D eigenvalue weighted by Crippen LogP contribution is 2.48. The van der Waals surface area contributed by atoms with Gasteiger partial charge in [-0.25, -0.2) is 0 Å². The molecular formula is C28H33ClF3N9O. The number of amides is 1. The summed E-state index contributed by atoms with van der Waals surface area (Å²) in [6.07, 6.45) is -2.76. The molecule has 7 N–H and O–H groups in total.